The van der Waals surface area contributed by atoms with Gasteiger partial charge in [-0.2, -0.15) is 5.10 Å². The van der Waals surface area contributed by atoms with Gasteiger partial charge in [0.15, 0.2) is 5.76 Å². The summed E-state index contributed by atoms with van der Waals surface area (Å²) in [7, 11) is 1.89. The summed E-state index contributed by atoms with van der Waals surface area (Å²) in [6.45, 7) is 1.91. The van der Waals surface area contributed by atoms with Gasteiger partial charge in [-0.3, -0.25) is 9.67 Å². The summed E-state index contributed by atoms with van der Waals surface area (Å²) < 4.78 is 7.47. The molecule has 1 aliphatic rings. The minimum atomic E-state index is -1.04. The Bertz CT molecular complexity index is 1320. The maximum atomic E-state index is 9.95. The van der Waals surface area contributed by atoms with Crippen LogP contribution in [0.3, 0.4) is 0 Å². The molecule has 2 aromatic carbocycles. The number of benzene rings is 2. The fourth-order valence-corrected chi connectivity index (χ4v) is 4.29. The van der Waals surface area contributed by atoms with Gasteiger partial charge >= 0.3 is 0 Å². The fraction of sp³-hybridized carbons (Fsp3) is 0.208. The lowest BCUT2D eigenvalue weighted by atomic mass is 9.90. The zero-order valence-electron chi connectivity index (χ0n) is 17.7. The quantitative estimate of drug-likeness (QED) is 0.455. The van der Waals surface area contributed by atoms with Crippen LogP contribution in [0.15, 0.2) is 64.4 Å². The third-order valence-corrected chi connectivity index (χ3v) is 5.89. The molecule has 3 N–H and O–H groups in total. The second kappa shape index (κ2) is 8.02. The number of aromatic nitrogens is 3. The number of halogens is 1. The monoisotopic (exact) mass is 447 g/mol. The molecular weight excluding hydrogens is 426 g/mol. The summed E-state index contributed by atoms with van der Waals surface area (Å²) in [5.41, 5.74) is 13.0. The zero-order chi connectivity index (χ0) is 22.4. The number of nitrogens with two attached hydrogens (primary N) is 1. The van der Waals surface area contributed by atoms with E-state index in [1.807, 2.05) is 50.6 Å². The van der Waals surface area contributed by atoms with E-state index in [0.29, 0.717) is 10.8 Å². The number of hydrogen-bond acceptors (Lipinski definition) is 6. The zero-order valence-corrected chi connectivity index (χ0v) is 18.4. The predicted octanol–water partition coefficient (Wildman–Crippen LogP) is 4.26. The van der Waals surface area contributed by atoms with Gasteiger partial charge in [0.05, 0.1) is 23.2 Å². The van der Waals surface area contributed by atoms with Gasteiger partial charge in [0.2, 0.25) is 0 Å². The van der Waals surface area contributed by atoms with Gasteiger partial charge in [0.1, 0.15) is 12.3 Å². The Labute approximate surface area is 190 Å². The smallest absolute Gasteiger partial charge is 0.169 e. The van der Waals surface area contributed by atoms with Gasteiger partial charge < -0.3 is 15.4 Å². The van der Waals surface area contributed by atoms with E-state index in [4.69, 9.17) is 26.9 Å². The molecule has 0 aliphatic carbocycles. The molecule has 1 unspecified atom stereocenters. The van der Waals surface area contributed by atoms with E-state index in [2.05, 4.69) is 28.5 Å². The Morgan fingerprint density at radius 1 is 1.12 bits per heavy atom. The first-order valence-electron chi connectivity index (χ1n) is 10.3. The molecule has 2 aromatic heterocycles. The molecule has 0 amide bonds. The Balaban J connectivity index is 1.78. The average Bonchev–Trinajstić information content (AvgIpc) is 3.33. The molecule has 0 saturated carbocycles. The topological polar surface area (TPSA) is 102 Å². The largest absolute Gasteiger partial charge is 0.379 e. The normalized spacial score (nSPS) is 16.2. The SMILES string of the molecule is Cc1noc2c1-c1ccc(-c3cnn(C)c3)cc1C(c1ccc(Cl)cc1)=N[C@H]2CC(N)O. The summed E-state index contributed by atoms with van der Waals surface area (Å²) >= 11 is 6.14. The van der Waals surface area contributed by atoms with Gasteiger partial charge in [-0.25, -0.2) is 0 Å². The molecule has 5 rings (SSSR count). The van der Waals surface area contributed by atoms with Crippen LogP contribution in [0, 0.1) is 6.92 Å². The molecule has 3 heterocycles. The van der Waals surface area contributed by atoms with Crippen molar-refractivity contribution in [2.24, 2.45) is 17.8 Å². The van der Waals surface area contributed by atoms with Crippen LogP contribution in [0.5, 0.6) is 0 Å². The lowest BCUT2D eigenvalue weighted by molar-refractivity contribution is 0.157. The minimum absolute atomic E-state index is 0.210. The Morgan fingerprint density at radius 3 is 2.56 bits per heavy atom. The average molecular weight is 448 g/mol. The van der Waals surface area contributed by atoms with E-state index >= 15 is 0 Å². The lowest BCUT2D eigenvalue weighted by Gasteiger charge is -2.14. The Hall–Kier alpha value is -3.26. The van der Waals surface area contributed by atoms with Crippen molar-refractivity contribution in [3.63, 3.8) is 0 Å². The third kappa shape index (κ3) is 3.64. The first-order valence-corrected chi connectivity index (χ1v) is 10.7. The van der Waals surface area contributed by atoms with Gasteiger partial charge in [0, 0.05) is 41.4 Å². The van der Waals surface area contributed by atoms with Gasteiger partial charge in [-0.1, -0.05) is 41.0 Å². The van der Waals surface area contributed by atoms with Crippen molar-refractivity contribution in [3.8, 4) is 22.3 Å². The van der Waals surface area contributed by atoms with E-state index < -0.39 is 12.3 Å². The molecule has 4 aromatic rings. The third-order valence-electron chi connectivity index (χ3n) is 5.64. The number of fused-ring (bicyclic) bond motifs is 3. The van der Waals surface area contributed by atoms with E-state index in [0.717, 1.165) is 44.8 Å². The summed E-state index contributed by atoms with van der Waals surface area (Å²) in [4.78, 5) is 5.03. The number of nitrogens with zero attached hydrogens (tertiary/aromatic N) is 4. The van der Waals surface area contributed by atoms with Crippen molar-refractivity contribution in [1.29, 1.82) is 0 Å². The molecule has 162 valence electrons. The minimum Gasteiger partial charge on any atom is -0.379 e. The standard InChI is InChI=1S/C24H22ClN5O2/c1-13-22-18-8-5-15(16-11-27-30(2)12-16)9-19(18)23(14-3-6-17(25)7-4-14)28-20(10-21(26)31)24(22)32-29-13/h3-9,11-12,20-21,31H,10,26H2,1-2H3/t20-,21?/m0/s1. The maximum absolute atomic E-state index is 9.95. The molecule has 7 nitrogen and oxygen atoms in total. The molecule has 8 heteroatoms. The molecule has 0 saturated heterocycles. The van der Waals surface area contributed by atoms with Crippen LogP contribution in [0.1, 0.15) is 35.0 Å². The summed E-state index contributed by atoms with van der Waals surface area (Å²) in [6, 6.07) is 13.3. The molecule has 0 fully saturated rings. The first kappa shape index (κ1) is 20.6. The Morgan fingerprint density at radius 2 is 1.88 bits per heavy atom. The van der Waals surface area contributed by atoms with E-state index in [1.165, 1.54) is 0 Å². The number of rotatable bonds is 4. The molecule has 0 radical (unpaired) electrons. The second-order valence-corrected chi connectivity index (χ2v) is 8.41. The lowest BCUT2D eigenvalue weighted by Crippen LogP contribution is -2.21. The second-order valence-electron chi connectivity index (χ2n) is 7.97. The van der Waals surface area contributed by atoms with Crippen molar-refractivity contribution in [1.82, 2.24) is 14.9 Å². The highest BCUT2D eigenvalue weighted by Gasteiger charge is 2.31. The highest BCUT2D eigenvalue weighted by molar-refractivity contribution is 6.30. The van der Waals surface area contributed by atoms with Crippen LogP contribution in [-0.4, -0.2) is 32.0 Å². The van der Waals surface area contributed by atoms with Crippen LogP contribution < -0.4 is 5.73 Å². The number of aliphatic hydroxyl groups is 1. The van der Waals surface area contributed by atoms with Crippen LogP contribution in [0.4, 0.5) is 0 Å². The van der Waals surface area contributed by atoms with Crippen molar-refractivity contribution in [2.75, 3.05) is 0 Å². The molecule has 1 aliphatic heterocycles. The van der Waals surface area contributed by atoms with Crippen molar-refractivity contribution >= 4 is 17.3 Å². The van der Waals surface area contributed by atoms with Crippen molar-refractivity contribution < 1.29 is 9.63 Å². The van der Waals surface area contributed by atoms with E-state index in [1.54, 1.807) is 4.68 Å². The highest BCUT2D eigenvalue weighted by Crippen LogP contribution is 2.42. The number of aliphatic imine (C=N–C) groups is 1. The van der Waals surface area contributed by atoms with Crippen LogP contribution in [-0.2, 0) is 7.05 Å². The van der Waals surface area contributed by atoms with E-state index in [9.17, 15) is 5.11 Å². The van der Waals surface area contributed by atoms with E-state index in [-0.39, 0.29) is 6.42 Å². The summed E-state index contributed by atoms with van der Waals surface area (Å²) in [5, 5.41) is 19.1. The van der Waals surface area contributed by atoms with Gasteiger partial charge in [0.25, 0.3) is 0 Å². The van der Waals surface area contributed by atoms with Crippen molar-refractivity contribution in [3.05, 3.63) is 82.5 Å². The molecule has 32 heavy (non-hydrogen) atoms. The van der Waals surface area contributed by atoms with Crippen LogP contribution >= 0.6 is 11.6 Å². The maximum Gasteiger partial charge on any atom is 0.169 e. The summed E-state index contributed by atoms with van der Waals surface area (Å²) in [5.74, 6) is 0.603. The first-order chi connectivity index (χ1) is 15.4. The molecule has 0 spiro atoms. The predicted molar refractivity (Wildman–Crippen MR) is 124 cm³/mol. The molecular formula is C24H22ClN5O2. The number of aliphatic hydroxyl groups excluding tert-OH is 1. The highest BCUT2D eigenvalue weighted by atomic mass is 35.5. The molecule has 0 bridgehead atoms. The van der Waals surface area contributed by atoms with Crippen LogP contribution in [0.25, 0.3) is 22.3 Å². The van der Waals surface area contributed by atoms with Crippen molar-refractivity contribution in [2.45, 2.75) is 25.6 Å². The van der Waals surface area contributed by atoms with Gasteiger partial charge in [-0.15, -0.1) is 0 Å². The Kier molecular flexibility index (Phi) is 5.17. The fourth-order valence-electron chi connectivity index (χ4n) is 4.16. The molecule has 2 atom stereocenters. The summed E-state index contributed by atoms with van der Waals surface area (Å²) in [6.07, 6.45) is 2.98. The number of aryl methyl sites for hydroxylation is 2. The van der Waals surface area contributed by atoms with Crippen LogP contribution in [0.2, 0.25) is 5.02 Å². The number of hydrogen-bond donors (Lipinski definition) is 2. The van der Waals surface area contributed by atoms with Gasteiger partial charge in [-0.05, 0) is 36.2 Å².